The highest BCUT2D eigenvalue weighted by molar-refractivity contribution is 7.98. The van der Waals surface area contributed by atoms with E-state index in [0.29, 0.717) is 12.0 Å². The minimum absolute atomic E-state index is 0.0333. The summed E-state index contributed by atoms with van der Waals surface area (Å²) in [5.74, 6) is -0.0392. The van der Waals surface area contributed by atoms with Crippen LogP contribution in [0.5, 0.6) is 11.5 Å². The molecule has 2 aromatic carbocycles. The molecule has 92 valence electrons. The lowest BCUT2D eigenvalue weighted by molar-refractivity contribution is 0.112. The second kappa shape index (κ2) is 5.69. The van der Waals surface area contributed by atoms with E-state index in [1.807, 2.05) is 18.4 Å². The van der Waals surface area contributed by atoms with Gasteiger partial charge < -0.3 is 4.74 Å². The molecule has 0 heterocycles. The molecular weight excluding hydrogens is 251 g/mol. The van der Waals surface area contributed by atoms with Crippen molar-refractivity contribution in [1.82, 2.24) is 0 Å². The molecule has 18 heavy (non-hydrogen) atoms. The van der Waals surface area contributed by atoms with Crippen molar-refractivity contribution in [2.75, 3.05) is 6.26 Å². The molecule has 0 atom stereocenters. The highest BCUT2D eigenvalue weighted by Gasteiger charge is 2.12. The van der Waals surface area contributed by atoms with Crippen molar-refractivity contribution in [1.29, 1.82) is 0 Å². The number of benzene rings is 2. The summed E-state index contributed by atoms with van der Waals surface area (Å²) >= 11 is 1.50. The Labute approximate surface area is 109 Å². The van der Waals surface area contributed by atoms with E-state index >= 15 is 0 Å². The Morgan fingerprint density at radius 3 is 2.67 bits per heavy atom. The highest BCUT2D eigenvalue weighted by Crippen LogP contribution is 2.33. The number of thioether (sulfide) groups is 1. The van der Waals surface area contributed by atoms with Gasteiger partial charge in [-0.2, -0.15) is 0 Å². The van der Waals surface area contributed by atoms with E-state index in [-0.39, 0.29) is 11.3 Å². The van der Waals surface area contributed by atoms with Crippen molar-refractivity contribution in [3.05, 3.63) is 53.8 Å². The number of hydrogen-bond acceptors (Lipinski definition) is 3. The maximum absolute atomic E-state index is 13.7. The first-order chi connectivity index (χ1) is 8.76. The average molecular weight is 262 g/mol. The molecule has 2 rings (SSSR count). The maximum atomic E-state index is 13.7. The van der Waals surface area contributed by atoms with E-state index in [4.69, 9.17) is 4.74 Å². The Hall–Kier alpha value is -1.81. The Morgan fingerprint density at radius 2 is 1.94 bits per heavy atom. The fraction of sp³-hybridized carbons (Fsp3) is 0.0714. The van der Waals surface area contributed by atoms with Gasteiger partial charge in [-0.1, -0.05) is 18.2 Å². The number of halogens is 1. The Balaban J connectivity index is 2.42. The molecule has 0 amide bonds. The van der Waals surface area contributed by atoms with Crippen LogP contribution in [0.3, 0.4) is 0 Å². The van der Waals surface area contributed by atoms with Gasteiger partial charge in [0.1, 0.15) is 5.75 Å². The topological polar surface area (TPSA) is 26.3 Å². The molecular formula is C14H11FO2S. The minimum Gasteiger partial charge on any atom is -0.452 e. The molecule has 0 aliphatic heterocycles. The summed E-state index contributed by atoms with van der Waals surface area (Å²) in [6, 6.07) is 11.6. The van der Waals surface area contributed by atoms with Crippen molar-refractivity contribution < 1.29 is 13.9 Å². The number of rotatable bonds is 4. The van der Waals surface area contributed by atoms with E-state index in [0.717, 1.165) is 4.90 Å². The van der Waals surface area contributed by atoms with Crippen LogP contribution in [0.2, 0.25) is 0 Å². The van der Waals surface area contributed by atoms with Crippen LogP contribution in [0.1, 0.15) is 10.4 Å². The molecule has 4 heteroatoms. The van der Waals surface area contributed by atoms with Crippen LogP contribution in [0.4, 0.5) is 4.39 Å². The highest BCUT2D eigenvalue weighted by atomic mass is 32.2. The van der Waals surface area contributed by atoms with E-state index < -0.39 is 5.82 Å². The van der Waals surface area contributed by atoms with Crippen LogP contribution < -0.4 is 4.74 Å². The minimum atomic E-state index is -0.546. The molecule has 0 aliphatic rings. The third-order valence-corrected chi connectivity index (χ3v) is 3.18. The van der Waals surface area contributed by atoms with E-state index in [9.17, 15) is 9.18 Å². The first-order valence-corrected chi connectivity index (χ1v) is 6.53. The van der Waals surface area contributed by atoms with Crippen molar-refractivity contribution in [3.63, 3.8) is 0 Å². The van der Waals surface area contributed by atoms with Gasteiger partial charge in [0, 0.05) is 4.90 Å². The van der Waals surface area contributed by atoms with Gasteiger partial charge in [-0.25, -0.2) is 4.39 Å². The monoisotopic (exact) mass is 262 g/mol. The smallest absolute Gasteiger partial charge is 0.173 e. The maximum Gasteiger partial charge on any atom is 0.173 e. The van der Waals surface area contributed by atoms with Gasteiger partial charge in [-0.15, -0.1) is 11.8 Å². The molecule has 0 unspecified atom stereocenters. The summed E-state index contributed by atoms with van der Waals surface area (Å²) < 4.78 is 19.2. The third-order valence-electron chi connectivity index (χ3n) is 2.41. The van der Waals surface area contributed by atoms with Crippen molar-refractivity contribution in [2.24, 2.45) is 0 Å². The standard InChI is InChI=1S/C14H11FO2S/c1-18-13-8-3-2-7-12(13)17-14-10(9-16)5-4-6-11(14)15/h2-9H,1H3. The second-order valence-electron chi connectivity index (χ2n) is 3.53. The van der Waals surface area contributed by atoms with Crippen molar-refractivity contribution in [2.45, 2.75) is 4.90 Å². The lowest BCUT2D eigenvalue weighted by atomic mass is 10.2. The van der Waals surface area contributed by atoms with Crippen molar-refractivity contribution in [3.8, 4) is 11.5 Å². The van der Waals surface area contributed by atoms with Crippen LogP contribution in [0, 0.1) is 5.82 Å². The molecule has 0 fully saturated rings. The fourth-order valence-electron chi connectivity index (χ4n) is 1.54. The number of ether oxygens (including phenoxy) is 1. The SMILES string of the molecule is CSc1ccccc1Oc1c(F)cccc1C=O. The lowest BCUT2D eigenvalue weighted by Crippen LogP contribution is -1.94. The number of para-hydroxylation sites is 2. The van der Waals surface area contributed by atoms with Gasteiger partial charge >= 0.3 is 0 Å². The molecule has 0 saturated carbocycles. The third kappa shape index (κ3) is 2.54. The van der Waals surface area contributed by atoms with E-state index in [1.54, 1.807) is 12.1 Å². The number of carbonyl (C=O) groups is 1. The fourth-order valence-corrected chi connectivity index (χ4v) is 2.06. The van der Waals surface area contributed by atoms with Gasteiger partial charge in [0.25, 0.3) is 0 Å². The zero-order valence-electron chi connectivity index (χ0n) is 9.72. The number of hydrogen-bond donors (Lipinski definition) is 0. The largest absolute Gasteiger partial charge is 0.452 e. The Bertz CT molecular complexity index is 569. The van der Waals surface area contributed by atoms with Gasteiger partial charge in [-0.3, -0.25) is 4.79 Å². The Morgan fingerprint density at radius 1 is 1.17 bits per heavy atom. The first kappa shape index (κ1) is 12.6. The normalized spacial score (nSPS) is 10.1. The first-order valence-electron chi connectivity index (χ1n) is 5.31. The van der Waals surface area contributed by atoms with E-state index in [1.165, 1.54) is 30.0 Å². The zero-order valence-corrected chi connectivity index (χ0v) is 10.5. The summed E-state index contributed by atoms with van der Waals surface area (Å²) in [5, 5.41) is 0. The van der Waals surface area contributed by atoms with Gasteiger partial charge in [0.2, 0.25) is 0 Å². The van der Waals surface area contributed by atoms with Crippen LogP contribution >= 0.6 is 11.8 Å². The second-order valence-corrected chi connectivity index (χ2v) is 4.38. The molecule has 0 N–H and O–H groups in total. The van der Waals surface area contributed by atoms with Crippen molar-refractivity contribution >= 4 is 18.0 Å². The molecule has 2 aromatic rings. The quantitative estimate of drug-likeness (QED) is 0.611. The number of aldehydes is 1. The Kier molecular flexibility index (Phi) is 3.99. The predicted molar refractivity (Wildman–Crippen MR) is 70.1 cm³/mol. The number of carbonyl (C=O) groups excluding carboxylic acids is 1. The zero-order chi connectivity index (χ0) is 13.0. The molecule has 0 spiro atoms. The molecule has 0 radical (unpaired) electrons. The summed E-state index contributed by atoms with van der Waals surface area (Å²) in [4.78, 5) is 11.8. The molecule has 0 saturated heterocycles. The lowest BCUT2D eigenvalue weighted by Gasteiger charge is -2.11. The van der Waals surface area contributed by atoms with Crippen LogP contribution in [-0.2, 0) is 0 Å². The summed E-state index contributed by atoms with van der Waals surface area (Å²) in [5.41, 5.74) is 0.200. The van der Waals surface area contributed by atoms with Crippen LogP contribution in [0.15, 0.2) is 47.4 Å². The predicted octanol–water partition coefficient (Wildman–Crippen LogP) is 4.15. The van der Waals surface area contributed by atoms with Gasteiger partial charge in [0.15, 0.2) is 17.9 Å². The summed E-state index contributed by atoms with van der Waals surface area (Å²) in [7, 11) is 0. The molecule has 0 aromatic heterocycles. The van der Waals surface area contributed by atoms with Gasteiger partial charge in [0.05, 0.1) is 5.56 Å². The van der Waals surface area contributed by atoms with E-state index in [2.05, 4.69) is 0 Å². The van der Waals surface area contributed by atoms with Crippen LogP contribution in [-0.4, -0.2) is 12.5 Å². The molecule has 2 nitrogen and oxygen atoms in total. The molecule has 0 bridgehead atoms. The van der Waals surface area contributed by atoms with Gasteiger partial charge in [-0.05, 0) is 30.5 Å². The van der Waals surface area contributed by atoms with Crippen LogP contribution in [0.25, 0.3) is 0 Å². The molecule has 0 aliphatic carbocycles. The summed E-state index contributed by atoms with van der Waals surface area (Å²) in [6.07, 6.45) is 2.49. The average Bonchev–Trinajstić information content (AvgIpc) is 2.41. The summed E-state index contributed by atoms with van der Waals surface area (Å²) in [6.45, 7) is 0.